The predicted molar refractivity (Wildman–Crippen MR) is 233 cm³/mol. The van der Waals surface area contributed by atoms with E-state index in [2.05, 4.69) is 65.8 Å². The number of rotatable bonds is 14. The molecule has 318 valence electrons. The van der Waals surface area contributed by atoms with Crippen LogP contribution in [0, 0.1) is 16.6 Å². The molecule has 1 saturated heterocycles. The number of nitrogens with zero attached hydrogens (tertiary/aromatic N) is 1. The van der Waals surface area contributed by atoms with Crippen LogP contribution in [0.15, 0.2) is 133 Å². The second kappa shape index (κ2) is 20.7. The summed E-state index contributed by atoms with van der Waals surface area (Å²) < 4.78 is 32.3. The fourth-order valence-electron chi connectivity index (χ4n) is 7.94. The van der Waals surface area contributed by atoms with Crippen molar-refractivity contribution in [2.45, 2.75) is 133 Å². The average molecular weight is 811 g/mol. The zero-order valence-corrected chi connectivity index (χ0v) is 36.6. The topological polar surface area (TPSA) is 117 Å². The number of H-pyrrole nitrogens is 1. The summed E-state index contributed by atoms with van der Waals surface area (Å²) in [4.78, 5) is 52.1. The molecule has 1 fully saturated rings. The zero-order valence-electron chi connectivity index (χ0n) is 36.6. The molecule has 0 bridgehead atoms. The highest BCUT2D eigenvalue weighted by Crippen LogP contribution is 2.42. The molecule has 0 saturated carbocycles. The fourth-order valence-corrected chi connectivity index (χ4v) is 7.94. The molecule has 9 nitrogen and oxygen atoms in total. The Kier molecular flexibility index (Phi) is 16.4. The SMILES string of the molecule is CC1=C(/C=C/C(C)=C/C=C/C(C)=C/C(=O)OC[C@H]2O[C@@H](n3cc(F)c(=O)[nH]c3=O)C[C@@H]2OC(=O)/C=C(C)/C=C/C=C(C)/C=C/C2=C(C)CCCC2(C)C)C(C)(C)CCC1. The van der Waals surface area contributed by atoms with E-state index in [-0.39, 0.29) is 23.9 Å². The second-order valence-electron chi connectivity index (χ2n) is 17.5. The van der Waals surface area contributed by atoms with Crippen LogP contribution >= 0.6 is 0 Å². The summed E-state index contributed by atoms with van der Waals surface area (Å²) >= 11 is 0. The van der Waals surface area contributed by atoms with Crippen molar-refractivity contribution in [1.82, 2.24) is 9.55 Å². The van der Waals surface area contributed by atoms with Gasteiger partial charge in [-0.15, -0.1) is 0 Å². The molecule has 0 radical (unpaired) electrons. The van der Waals surface area contributed by atoms with Crippen molar-refractivity contribution in [3.05, 3.63) is 150 Å². The number of hydrogen-bond acceptors (Lipinski definition) is 7. The number of carbonyl (C=O) groups is 2. The summed E-state index contributed by atoms with van der Waals surface area (Å²) in [6.07, 6.45) is 27.2. The minimum absolute atomic E-state index is 0.0604. The normalized spacial score (nSPS) is 23.4. The largest absolute Gasteiger partial charge is 0.460 e. The number of carbonyl (C=O) groups excluding carboxylic acids is 2. The Hall–Kier alpha value is -5.09. The average Bonchev–Trinajstić information content (AvgIpc) is 3.52. The number of nitrogens with one attached hydrogen (secondary N) is 1. The first-order chi connectivity index (χ1) is 27.7. The lowest BCUT2D eigenvalue weighted by atomic mass is 9.72. The lowest BCUT2D eigenvalue weighted by molar-refractivity contribution is -0.152. The van der Waals surface area contributed by atoms with E-state index in [4.69, 9.17) is 14.2 Å². The van der Waals surface area contributed by atoms with E-state index in [1.54, 1.807) is 26.0 Å². The van der Waals surface area contributed by atoms with Gasteiger partial charge in [-0.25, -0.2) is 14.4 Å². The molecule has 3 aliphatic rings. The summed E-state index contributed by atoms with van der Waals surface area (Å²) in [6, 6.07) is 0. The molecule has 1 aromatic rings. The highest BCUT2D eigenvalue weighted by Gasteiger charge is 2.40. The van der Waals surface area contributed by atoms with Gasteiger partial charge in [-0.05, 0) is 113 Å². The molecule has 2 heterocycles. The van der Waals surface area contributed by atoms with Gasteiger partial charge < -0.3 is 14.2 Å². The van der Waals surface area contributed by atoms with Gasteiger partial charge in [0.15, 0.2) is 0 Å². The lowest BCUT2D eigenvalue weighted by Gasteiger charge is -2.33. The smallest absolute Gasteiger partial charge is 0.331 e. The van der Waals surface area contributed by atoms with Gasteiger partial charge in [-0.3, -0.25) is 14.3 Å². The number of hydrogen-bond donors (Lipinski definition) is 1. The number of ether oxygens (including phenoxy) is 3. The molecular formula is C49H63FN2O7. The molecule has 0 spiro atoms. The molecule has 1 aliphatic heterocycles. The Bertz CT molecular complexity index is 2180. The minimum atomic E-state index is -1.18. The number of aromatic amines is 1. The van der Waals surface area contributed by atoms with Gasteiger partial charge in [0.1, 0.15) is 25.0 Å². The molecule has 3 atom stereocenters. The van der Waals surface area contributed by atoms with Gasteiger partial charge >= 0.3 is 17.6 Å². The summed E-state index contributed by atoms with van der Waals surface area (Å²) in [5, 5.41) is 0. The fraction of sp³-hybridized carbons (Fsp3) is 0.469. The summed E-state index contributed by atoms with van der Waals surface area (Å²) in [6.45, 7) is 20.8. The third-order valence-corrected chi connectivity index (χ3v) is 11.3. The van der Waals surface area contributed by atoms with E-state index in [0.717, 1.165) is 34.8 Å². The van der Waals surface area contributed by atoms with Crippen molar-refractivity contribution in [3.8, 4) is 0 Å². The molecule has 1 N–H and O–H groups in total. The van der Waals surface area contributed by atoms with Gasteiger partial charge in [-0.1, -0.05) is 111 Å². The van der Waals surface area contributed by atoms with Crippen LogP contribution in [0.3, 0.4) is 0 Å². The van der Waals surface area contributed by atoms with Crippen molar-refractivity contribution >= 4 is 11.9 Å². The Labute approximate surface area is 349 Å². The van der Waals surface area contributed by atoms with E-state index < -0.39 is 47.4 Å². The third kappa shape index (κ3) is 13.7. The number of allylic oxidation sites excluding steroid dienone is 18. The minimum Gasteiger partial charge on any atom is -0.460 e. The number of esters is 2. The summed E-state index contributed by atoms with van der Waals surface area (Å²) in [5.41, 5.74) is 7.28. The molecule has 59 heavy (non-hydrogen) atoms. The van der Waals surface area contributed by atoms with Gasteiger partial charge in [0, 0.05) is 18.6 Å². The second-order valence-corrected chi connectivity index (χ2v) is 17.5. The maximum Gasteiger partial charge on any atom is 0.331 e. The molecule has 0 unspecified atom stereocenters. The highest BCUT2D eigenvalue weighted by molar-refractivity contribution is 5.84. The van der Waals surface area contributed by atoms with Gasteiger partial charge in [0.2, 0.25) is 5.82 Å². The molecule has 1 aromatic heterocycles. The van der Waals surface area contributed by atoms with Crippen LogP contribution in [-0.2, 0) is 23.8 Å². The van der Waals surface area contributed by atoms with Crippen LogP contribution in [0.2, 0.25) is 0 Å². The van der Waals surface area contributed by atoms with Gasteiger partial charge in [0.05, 0.1) is 6.20 Å². The van der Waals surface area contributed by atoms with Crippen molar-refractivity contribution in [3.63, 3.8) is 0 Å². The standard InChI is InChI=1S/C49H63FN2O7/c1-32(21-23-38-36(5)19-13-25-48(38,7)8)15-11-17-34(3)27-44(53)57-31-42-41(29-43(58-42)52-30-40(50)46(55)51-47(52)56)59-45(54)28-35(4)18-12-16-33(2)22-24-39-37(6)20-14-26-49(39,9)10/h11-12,15-18,21-24,27-28,30,41-43H,13-14,19-20,25-26,29,31H2,1-10H3,(H,51,55,56)/b17-11+,18-12+,23-21+,24-22+,32-15+,33-16+,34-27+,35-28+/t41-,42+,43+/m0/s1. The Morgan fingerprint density at radius 1 is 0.814 bits per heavy atom. The van der Waals surface area contributed by atoms with Crippen LogP contribution < -0.4 is 11.2 Å². The van der Waals surface area contributed by atoms with Crippen molar-refractivity contribution in [2.24, 2.45) is 10.8 Å². The highest BCUT2D eigenvalue weighted by atomic mass is 19.1. The Morgan fingerprint density at radius 2 is 1.32 bits per heavy atom. The molecular weight excluding hydrogens is 748 g/mol. The van der Waals surface area contributed by atoms with E-state index in [1.165, 1.54) is 60.1 Å². The summed E-state index contributed by atoms with van der Waals surface area (Å²) in [5.74, 6) is -2.50. The van der Waals surface area contributed by atoms with E-state index in [0.29, 0.717) is 11.1 Å². The van der Waals surface area contributed by atoms with Gasteiger partial charge in [-0.2, -0.15) is 4.39 Å². The van der Waals surface area contributed by atoms with E-state index in [1.807, 2.05) is 43.1 Å². The number of halogens is 1. The predicted octanol–water partition coefficient (Wildman–Crippen LogP) is 10.5. The van der Waals surface area contributed by atoms with E-state index in [9.17, 15) is 23.6 Å². The Morgan fingerprint density at radius 3 is 1.83 bits per heavy atom. The van der Waals surface area contributed by atoms with Crippen LogP contribution in [0.4, 0.5) is 4.39 Å². The maximum atomic E-state index is 14.2. The van der Waals surface area contributed by atoms with Crippen molar-refractivity contribution in [2.75, 3.05) is 6.61 Å². The van der Waals surface area contributed by atoms with E-state index >= 15 is 0 Å². The monoisotopic (exact) mass is 810 g/mol. The first-order valence-corrected chi connectivity index (χ1v) is 20.6. The Balaban J connectivity index is 1.40. The summed E-state index contributed by atoms with van der Waals surface area (Å²) in [7, 11) is 0. The maximum absolute atomic E-state index is 14.2. The van der Waals surface area contributed by atoms with Crippen molar-refractivity contribution in [1.29, 1.82) is 0 Å². The first kappa shape index (κ1) is 46.6. The van der Waals surface area contributed by atoms with Crippen LogP contribution in [0.25, 0.3) is 0 Å². The van der Waals surface area contributed by atoms with Crippen LogP contribution in [0.1, 0.15) is 120 Å². The molecule has 10 heteroatoms. The molecule has 0 aromatic carbocycles. The third-order valence-electron chi connectivity index (χ3n) is 11.3. The van der Waals surface area contributed by atoms with Gasteiger partial charge in [0.25, 0.3) is 5.56 Å². The zero-order chi connectivity index (χ0) is 43.5. The van der Waals surface area contributed by atoms with Crippen LogP contribution in [0.5, 0.6) is 0 Å². The lowest BCUT2D eigenvalue weighted by Crippen LogP contribution is -2.34. The molecule has 0 amide bonds. The number of aromatic nitrogens is 2. The molecule has 4 rings (SSSR count). The molecule has 2 aliphatic carbocycles. The first-order valence-electron chi connectivity index (χ1n) is 20.6. The van der Waals surface area contributed by atoms with Crippen LogP contribution in [-0.4, -0.2) is 40.3 Å². The van der Waals surface area contributed by atoms with Crippen molar-refractivity contribution < 1.29 is 28.2 Å². The quantitative estimate of drug-likeness (QED) is 0.113.